The fourth-order valence-electron chi connectivity index (χ4n) is 3.36. The Balaban J connectivity index is 2.04. The van der Waals surface area contributed by atoms with E-state index in [1.165, 1.54) is 0 Å². The van der Waals surface area contributed by atoms with Crippen LogP contribution in [0.5, 0.6) is 34.5 Å². The molecular weight excluding hydrogens is 360 g/mol. The van der Waals surface area contributed by atoms with Gasteiger partial charge in [0.05, 0.1) is 28.4 Å². The molecule has 0 amide bonds. The van der Waals surface area contributed by atoms with E-state index in [2.05, 4.69) is 6.58 Å². The van der Waals surface area contributed by atoms with Gasteiger partial charge in [0, 0.05) is 5.56 Å². The van der Waals surface area contributed by atoms with E-state index < -0.39 is 0 Å². The highest BCUT2D eigenvalue weighted by Gasteiger charge is 2.33. The number of allylic oxidation sites excluding steroid dienone is 1. The molecule has 3 rings (SSSR count). The summed E-state index contributed by atoms with van der Waals surface area (Å²) in [5, 5.41) is 0. The lowest BCUT2D eigenvalue weighted by Gasteiger charge is -2.33. The average molecular weight is 386 g/mol. The molecule has 28 heavy (non-hydrogen) atoms. The Morgan fingerprint density at radius 1 is 0.893 bits per heavy atom. The van der Waals surface area contributed by atoms with E-state index in [0.717, 1.165) is 17.5 Å². The minimum Gasteiger partial charge on any atom is -0.493 e. The van der Waals surface area contributed by atoms with Crippen molar-refractivity contribution >= 4 is 0 Å². The highest BCUT2D eigenvalue weighted by molar-refractivity contribution is 5.57. The molecule has 1 aliphatic rings. The zero-order valence-corrected chi connectivity index (χ0v) is 16.9. The van der Waals surface area contributed by atoms with Crippen LogP contribution in [0.4, 0.5) is 0 Å². The van der Waals surface area contributed by atoms with E-state index >= 15 is 0 Å². The number of methoxy groups -OCH3 is 4. The molecule has 0 fully saturated rings. The normalized spacial score (nSPS) is 17.6. The van der Waals surface area contributed by atoms with Crippen molar-refractivity contribution in [3.8, 4) is 34.5 Å². The number of benzene rings is 2. The molecule has 0 spiro atoms. The summed E-state index contributed by atoms with van der Waals surface area (Å²) in [5.74, 6) is 3.52. The third-order valence-electron chi connectivity index (χ3n) is 4.68. The van der Waals surface area contributed by atoms with Gasteiger partial charge in [0.25, 0.3) is 0 Å². The van der Waals surface area contributed by atoms with Crippen LogP contribution >= 0.6 is 0 Å². The predicted molar refractivity (Wildman–Crippen MR) is 106 cm³/mol. The quantitative estimate of drug-likeness (QED) is 0.660. The summed E-state index contributed by atoms with van der Waals surface area (Å²) in [4.78, 5) is 0. The Bertz CT molecular complexity index is 835. The fourth-order valence-corrected chi connectivity index (χ4v) is 3.36. The number of ether oxygens (including phenoxy) is 6. The topological polar surface area (TPSA) is 55.4 Å². The molecule has 0 saturated heterocycles. The van der Waals surface area contributed by atoms with Gasteiger partial charge in [0.1, 0.15) is 6.10 Å². The van der Waals surface area contributed by atoms with E-state index in [9.17, 15) is 0 Å². The molecule has 0 radical (unpaired) electrons. The van der Waals surface area contributed by atoms with E-state index in [1.807, 2.05) is 37.3 Å². The van der Waals surface area contributed by atoms with Gasteiger partial charge in [-0.3, -0.25) is 0 Å². The molecule has 6 heteroatoms. The van der Waals surface area contributed by atoms with E-state index in [1.54, 1.807) is 28.4 Å². The first-order valence-electron chi connectivity index (χ1n) is 9.01. The fraction of sp³-hybridized carbons (Fsp3) is 0.364. The number of hydrogen-bond donors (Lipinski definition) is 0. The molecule has 0 unspecified atom stereocenters. The van der Waals surface area contributed by atoms with Crippen molar-refractivity contribution in [1.29, 1.82) is 0 Å². The molecule has 0 bridgehead atoms. The smallest absolute Gasteiger partial charge is 0.204 e. The number of hydrogen-bond acceptors (Lipinski definition) is 6. The number of rotatable bonds is 7. The molecule has 1 heterocycles. The summed E-state index contributed by atoms with van der Waals surface area (Å²) < 4.78 is 34.4. The molecule has 2 aromatic rings. The lowest BCUT2D eigenvalue weighted by molar-refractivity contribution is 0.0277. The molecule has 2 atom stereocenters. The molecule has 0 N–H and O–H groups in total. The van der Waals surface area contributed by atoms with Crippen molar-refractivity contribution in [3.63, 3.8) is 0 Å². The second-order valence-corrected chi connectivity index (χ2v) is 6.44. The van der Waals surface area contributed by atoms with Gasteiger partial charge in [-0.1, -0.05) is 6.08 Å². The summed E-state index contributed by atoms with van der Waals surface area (Å²) >= 11 is 0. The van der Waals surface area contributed by atoms with Crippen LogP contribution < -0.4 is 28.4 Å². The van der Waals surface area contributed by atoms with Crippen molar-refractivity contribution in [2.75, 3.05) is 28.4 Å². The summed E-state index contributed by atoms with van der Waals surface area (Å²) in [5.41, 5.74) is 1.90. The second kappa shape index (κ2) is 8.33. The largest absolute Gasteiger partial charge is 0.493 e. The maximum atomic E-state index is 6.33. The van der Waals surface area contributed by atoms with Crippen LogP contribution in [0, 0.1) is 0 Å². The SMILES string of the molecule is C=CCc1cc(OC)c2c(c1)O[C@@H](C)[C@H](c1cc(OC)c(OC)c(OC)c1)O2. The lowest BCUT2D eigenvalue weighted by Crippen LogP contribution is -2.31. The Labute approximate surface area is 165 Å². The zero-order chi connectivity index (χ0) is 20.3. The van der Waals surface area contributed by atoms with Crippen LogP contribution in [-0.4, -0.2) is 34.5 Å². The first-order valence-corrected chi connectivity index (χ1v) is 9.01. The van der Waals surface area contributed by atoms with Gasteiger partial charge in [-0.2, -0.15) is 0 Å². The molecule has 6 nitrogen and oxygen atoms in total. The molecule has 0 aliphatic carbocycles. The Morgan fingerprint density at radius 2 is 1.54 bits per heavy atom. The third-order valence-corrected chi connectivity index (χ3v) is 4.68. The van der Waals surface area contributed by atoms with Crippen LogP contribution in [-0.2, 0) is 6.42 Å². The maximum absolute atomic E-state index is 6.33. The predicted octanol–water partition coefficient (Wildman–Crippen LogP) is 4.35. The summed E-state index contributed by atoms with van der Waals surface area (Å²) in [6.07, 6.45) is 1.95. The van der Waals surface area contributed by atoms with E-state index in [-0.39, 0.29) is 12.2 Å². The monoisotopic (exact) mass is 386 g/mol. The van der Waals surface area contributed by atoms with Crippen LogP contribution in [0.3, 0.4) is 0 Å². The Hall–Kier alpha value is -3.02. The minimum atomic E-state index is -0.375. The van der Waals surface area contributed by atoms with Gasteiger partial charge in [0.2, 0.25) is 11.5 Å². The van der Waals surface area contributed by atoms with Gasteiger partial charge in [0.15, 0.2) is 29.1 Å². The molecule has 150 valence electrons. The first kappa shape index (κ1) is 19.7. The average Bonchev–Trinajstić information content (AvgIpc) is 2.71. The Kier molecular flexibility index (Phi) is 5.87. The van der Waals surface area contributed by atoms with Crippen molar-refractivity contribution in [2.24, 2.45) is 0 Å². The summed E-state index contributed by atoms with van der Waals surface area (Å²) in [7, 11) is 6.36. The summed E-state index contributed by atoms with van der Waals surface area (Å²) in [6.45, 7) is 5.75. The van der Waals surface area contributed by atoms with Crippen molar-refractivity contribution in [1.82, 2.24) is 0 Å². The maximum Gasteiger partial charge on any atom is 0.204 e. The minimum absolute atomic E-state index is 0.237. The first-order chi connectivity index (χ1) is 13.6. The highest BCUT2D eigenvalue weighted by Crippen LogP contribution is 2.48. The van der Waals surface area contributed by atoms with Crippen LogP contribution in [0.25, 0.3) is 0 Å². The van der Waals surface area contributed by atoms with Gasteiger partial charge >= 0.3 is 0 Å². The van der Waals surface area contributed by atoms with E-state index in [0.29, 0.717) is 34.5 Å². The Morgan fingerprint density at radius 3 is 2.07 bits per heavy atom. The van der Waals surface area contributed by atoms with Crippen molar-refractivity contribution in [2.45, 2.75) is 25.6 Å². The number of fused-ring (bicyclic) bond motifs is 1. The molecule has 0 aromatic heterocycles. The van der Waals surface area contributed by atoms with Crippen LogP contribution in [0.1, 0.15) is 24.2 Å². The molecular formula is C22H26O6. The molecule has 0 saturated carbocycles. The van der Waals surface area contributed by atoms with Gasteiger partial charge in [-0.05, 0) is 43.2 Å². The van der Waals surface area contributed by atoms with Gasteiger partial charge in [-0.25, -0.2) is 0 Å². The van der Waals surface area contributed by atoms with Crippen molar-refractivity contribution < 1.29 is 28.4 Å². The molecule has 2 aromatic carbocycles. The zero-order valence-electron chi connectivity index (χ0n) is 16.9. The van der Waals surface area contributed by atoms with Gasteiger partial charge in [-0.15, -0.1) is 6.58 Å². The lowest BCUT2D eigenvalue weighted by atomic mass is 10.0. The third kappa shape index (κ3) is 3.54. The molecule has 1 aliphatic heterocycles. The van der Waals surface area contributed by atoms with Gasteiger partial charge < -0.3 is 28.4 Å². The van der Waals surface area contributed by atoms with E-state index in [4.69, 9.17) is 28.4 Å². The second-order valence-electron chi connectivity index (χ2n) is 6.44. The standard InChI is InChI=1S/C22H26O6/c1-7-8-14-9-16(23-3)22-19(10-14)27-13(2)20(28-22)15-11-17(24-4)21(26-6)18(12-15)25-5/h7,9-13,20H,1,8H2,2-6H3/t13-,20+/m0/s1. The summed E-state index contributed by atoms with van der Waals surface area (Å²) in [6, 6.07) is 7.64. The highest BCUT2D eigenvalue weighted by atomic mass is 16.6. The van der Waals surface area contributed by atoms with Crippen LogP contribution in [0.2, 0.25) is 0 Å². The van der Waals surface area contributed by atoms with Crippen molar-refractivity contribution in [3.05, 3.63) is 48.0 Å². The van der Waals surface area contributed by atoms with Crippen LogP contribution in [0.15, 0.2) is 36.9 Å².